The number of carbonyl (C=O) groups excluding carboxylic acids is 3. The molecule has 3 saturated heterocycles. The fourth-order valence-corrected chi connectivity index (χ4v) is 7.98. The van der Waals surface area contributed by atoms with Crippen molar-refractivity contribution < 1.29 is 39.9 Å². The zero-order valence-electron chi connectivity index (χ0n) is 33.7. The van der Waals surface area contributed by atoms with Crippen molar-refractivity contribution in [1.29, 1.82) is 0 Å². The lowest BCUT2D eigenvalue weighted by atomic mass is 10.0. The van der Waals surface area contributed by atoms with E-state index in [4.69, 9.17) is 20.6 Å². The van der Waals surface area contributed by atoms with Crippen molar-refractivity contribution in [2.75, 3.05) is 33.4 Å². The molecule has 3 aliphatic heterocycles. The van der Waals surface area contributed by atoms with Gasteiger partial charge < -0.3 is 49.7 Å². The molecule has 0 saturated carbocycles. The van der Waals surface area contributed by atoms with Crippen LogP contribution in [0.3, 0.4) is 0 Å². The SMILES string of the molecule is [2H]N(C(=O)O)[C@H](C(=O)N1CCC[C@H]1c1ncc(-c2ccc(-c3ccc(-c4cnc([C@@H]5CC6(CN5C(=O)[C@@H](NC(=O)OC)C(C)C)OCCO6)[nH]4)cc3)cc2)[nH]1)C(C)C. The van der Waals surface area contributed by atoms with Crippen LogP contribution >= 0.6 is 0 Å². The lowest BCUT2D eigenvalue weighted by Crippen LogP contribution is -2.52. The normalized spacial score (nSPS) is 20.2. The van der Waals surface area contributed by atoms with E-state index in [0.29, 0.717) is 49.6 Å². The summed E-state index contributed by atoms with van der Waals surface area (Å²) in [6, 6.07) is 13.4. The van der Waals surface area contributed by atoms with Crippen molar-refractivity contribution in [2.24, 2.45) is 11.8 Å². The number of benzene rings is 2. The molecule has 0 radical (unpaired) electrons. The second-order valence-electron chi connectivity index (χ2n) is 15.5. The Morgan fingerprint density at radius 2 is 1.33 bits per heavy atom. The Bertz CT molecular complexity index is 2110. The third-order valence-corrected chi connectivity index (χ3v) is 11.0. The summed E-state index contributed by atoms with van der Waals surface area (Å²) in [7, 11) is 1.26. The highest BCUT2D eigenvalue weighted by Gasteiger charge is 2.52. The molecule has 16 heteroatoms. The minimum atomic E-state index is -1.46. The molecule has 4 amide bonds. The molecule has 2 aromatic carbocycles. The molecule has 5 N–H and O–H groups in total. The lowest BCUT2D eigenvalue weighted by molar-refractivity contribution is -0.153. The highest BCUT2D eigenvalue weighted by molar-refractivity contribution is 5.87. The second kappa shape index (κ2) is 16.4. The number of nitrogens with zero attached hydrogens (tertiary/aromatic N) is 4. The minimum Gasteiger partial charge on any atom is -0.465 e. The Kier molecular flexibility index (Phi) is 11.0. The van der Waals surface area contributed by atoms with Crippen LogP contribution in [-0.2, 0) is 23.8 Å². The highest BCUT2D eigenvalue weighted by atomic mass is 16.7. The Morgan fingerprint density at radius 3 is 1.84 bits per heavy atom. The summed E-state index contributed by atoms with van der Waals surface area (Å²) in [5.74, 6) is -0.958. The Morgan fingerprint density at radius 1 is 0.825 bits per heavy atom. The van der Waals surface area contributed by atoms with Gasteiger partial charge in [0, 0.05) is 13.0 Å². The summed E-state index contributed by atoms with van der Waals surface area (Å²) in [5.41, 5.74) is 5.41. The average Bonchev–Trinajstić information content (AvgIpc) is 4.07. The summed E-state index contributed by atoms with van der Waals surface area (Å²) in [6.07, 6.45) is 3.16. The number of carboxylic acid groups (broad SMARTS) is 1. The van der Waals surface area contributed by atoms with Crippen molar-refractivity contribution in [2.45, 2.75) is 76.9 Å². The van der Waals surface area contributed by atoms with Gasteiger partial charge in [0.15, 0.2) is 7.20 Å². The van der Waals surface area contributed by atoms with E-state index in [1.54, 1.807) is 36.0 Å². The average molecular weight is 784 g/mol. The van der Waals surface area contributed by atoms with Crippen molar-refractivity contribution in [3.05, 3.63) is 72.6 Å². The predicted molar refractivity (Wildman–Crippen MR) is 208 cm³/mol. The highest BCUT2D eigenvalue weighted by Crippen LogP contribution is 2.43. The number of hydrogen-bond acceptors (Lipinski definition) is 9. The van der Waals surface area contributed by atoms with E-state index in [2.05, 4.69) is 20.3 Å². The third-order valence-electron chi connectivity index (χ3n) is 11.0. The maximum Gasteiger partial charge on any atom is 0.407 e. The van der Waals surface area contributed by atoms with Crippen LogP contribution in [0.4, 0.5) is 9.59 Å². The van der Waals surface area contributed by atoms with Crippen LogP contribution in [-0.4, -0.2) is 110 Å². The van der Waals surface area contributed by atoms with Crippen LogP contribution in [0, 0.1) is 11.8 Å². The van der Waals surface area contributed by atoms with Gasteiger partial charge in [-0.1, -0.05) is 76.2 Å². The molecule has 4 atom stereocenters. The van der Waals surface area contributed by atoms with E-state index < -0.39 is 42.0 Å². The van der Waals surface area contributed by atoms with Crippen LogP contribution in [0.15, 0.2) is 60.9 Å². The van der Waals surface area contributed by atoms with Crippen LogP contribution in [0.25, 0.3) is 33.6 Å². The first-order valence-corrected chi connectivity index (χ1v) is 19.3. The number of hydrogen-bond donors (Lipinski definition) is 5. The van der Waals surface area contributed by atoms with E-state index in [1.807, 2.05) is 62.4 Å². The molecule has 1 spiro atoms. The Hall–Kier alpha value is -5.74. The number of H-pyrrole nitrogens is 2. The van der Waals surface area contributed by atoms with Crippen LogP contribution in [0.1, 0.15) is 70.7 Å². The molecule has 5 heterocycles. The Balaban J connectivity index is 1.04. The van der Waals surface area contributed by atoms with Gasteiger partial charge >= 0.3 is 12.2 Å². The first kappa shape index (κ1) is 38.1. The number of alkyl carbamates (subject to hydrolysis) is 1. The van der Waals surface area contributed by atoms with Crippen molar-refractivity contribution in [3.8, 4) is 33.6 Å². The molecular formula is C41H50N8O8. The van der Waals surface area contributed by atoms with Gasteiger partial charge in [-0.3, -0.25) is 9.59 Å². The zero-order chi connectivity index (χ0) is 41.3. The lowest BCUT2D eigenvalue weighted by Gasteiger charge is -2.30. The predicted octanol–water partition coefficient (Wildman–Crippen LogP) is 5.49. The van der Waals surface area contributed by atoms with Crippen LogP contribution < -0.4 is 10.6 Å². The largest absolute Gasteiger partial charge is 0.465 e. The van der Waals surface area contributed by atoms with E-state index in [0.717, 1.165) is 40.1 Å². The quantitative estimate of drug-likeness (QED) is 0.130. The third kappa shape index (κ3) is 8.23. The van der Waals surface area contributed by atoms with Crippen molar-refractivity contribution in [3.63, 3.8) is 0 Å². The number of likely N-dealkylation sites (tertiary alicyclic amines) is 2. The van der Waals surface area contributed by atoms with Gasteiger partial charge in [-0.2, -0.15) is 0 Å². The number of carbonyl (C=O) groups is 4. The summed E-state index contributed by atoms with van der Waals surface area (Å²) >= 11 is 0. The van der Waals surface area contributed by atoms with Gasteiger partial charge in [-0.15, -0.1) is 0 Å². The Labute approximate surface area is 332 Å². The van der Waals surface area contributed by atoms with Crippen molar-refractivity contribution in [1.82, 2.24) is 40.4 Å². The fraction of sp³-hybridized carbons (Fsp3) is 0.463. The van der Waals surface area contributed by atoms with Gasteiger partial charge in [0.05, 0.1) is 62.7 Å². The van der Waals surface area contributed by atoms with Gasteiger partial charge in [-0.25, -0.2) is 19.6 Å². The molecule has 0 unspecified atom stereocenters. The second-order valence-corrected chi connectivity index (χ2v) is 15.5. The van der Waals surface area contributed by atoms with E-state index in [-0.39, 0.29) is 30.3 Å². The summed E-state index contributed by atoms with van der Waals surface area (Å²) in [4.78, 5) is 70.5. The minimum absolute atomic E-state index is 0.199. The number of aromatic amines is 2. The topological polar surface area (TPSA) is 204 Å². The van der Waals surface area contributed by atoms with E-state index >= 15 is 0 Å². The number of rotatable bonds is 11. The van der Waals surface area contributed by atoms with E-state index in [9.17, 15) is 24.3 Å². The number of nitrogens with one attached hydrogen (secondary N) is 4. The zero-order valence-corrected chi connectivity index (χ0v) is 32.7. The molecule has 3 fully saturated rings. The fourth-order valence-electron chi connectivity index (χ4n) is 7.98. The molecule has 57 heavy (non-hydrogen) atoms. The van der Waals surface area contributed by atoms with Crippen molar-refractivity contribution >= 4 is 24.0 Å². The summed E-state index contributed by atoms with van der Waals surface area (Å²) in [6.45, 7) is 8.73. The van der Waals surface area contributed by atoms with Gasteiger partial charge in [0.1, 0.15) is 23.7 Å². The van der Waals surface area contributed by atoms with Crippen LogP contribution in [0.5, 0.6) is 0 Å². The first-order valence-electron chi connectivity index (χ1n) is 19.8. The maximum atomic E-state index is 13.9. The smallest absolute Gasteiger partial charge is 0.407 e. The molecule has 7 rings (SSSR count). The number of aromatic nitrogens is 4. The van der Waals surface area contributed by atoms with Gasteiger partial charge in [0.25, 0.3) is 0 Å². The maximum absolute atomic E-state index is 13.9. The van der Waals surface area contributed by atoms with Gasteiger partial charge in [-0.05, 0) is 46.9 Å². The van der Waals surface area contributed by atoms with E-state index in [1.165, 1.54) is 7.11 Å². The summed E-state index contributed by atoms with van der Waals surface area (Å²) < 4.78 is 24.8. The van der Waals surface area contributed by atoms with Gasteiger partial charge in [0.2, 0.25) is 11.8 Å². The molecule has 0 aliphatic carbocycles. The molecule has 16 nitrogen and oxygen atoms in total. The standard InChI is InChI=1S/C41H50N8O8/c1-23(2)33(46-39(52)53)37(50)48-16-6-7-31(48)35-42-20-29(44-35)27-12-8-25(9-13-27)26-10-14-28(15-11-26)30-21-43-36(45-30)32-19-41(56-17-18-57-41)22-49(32)38(51)34(24(3)4)47-40(54)55-5/h8-15,20-21,23-24,31-34,46H,6-7,16-19,22H2,1-5H3,(H,42,44)(H,43,45)(H,47,54)(H,52,53)/t31-,32-,33-,34-/m0/s1/i/hD. The number of methoxy groups -OCH3 is 1. The molecule has 0 bridgehead atoms. The number of ether oxygens (including phenoxy) is 3. The number of amides is 4. The first-order chi connectivity index (χ1) is 27.8. The summed E-state index contributed by atoms with van der Waals surface area (Å²) in [5, 5.41) is 12.4. The van der Waals surface area contributed by atoms with Crippen LogP contribution in [0.2, 0.25) is 1.41 Å². The molecule has 3 aliphatic rings. The molecular weight excluding hydrogens is 732 g/mol. The number of imidazole rings is 2. The monoisotopic (exact) mass is 783 g/mol. The molecule has 2 aromatic heterocycles. The molecule has 302 valence electrons. The molecule has 4 aromatic rings.